The number of amides is 1. The molecule has 7 nitrogen and oxygen atoms in total. The lowest BCUT2D eigenvalue weighted by Crippen LogP contribution is -2.13. The summed E-state index contributed by atoms with van der Waals surface area (Å²) in [5, 5.41) is 12.1. The van der Waals surface area contributed by atoms with Crippen molar-refractivity contribution < 1.29 is 23.7 Å². The summed E-state index contributed by atoms with van der Waals surface area (Å²) in [4.78, 5) is 12.6. The Morgan fingerprint density at radius 3 is 2.14 bits per heavy atom. The largest absolute Gasteiger partial charge is 0.496 e. The van der Waals surface area contributed by atoms with E-state index < -0.39 is 5.91 Å². The number of nitrogens with one attached hydrogen (secondary N) is 1. The molecule has 0 radical (unpaired) electrons. The van der Waals surface area contributed by atoms with E-state index in [9.17, 15) is 10.1 Å². The predicted octanol–water partition coefficient (Wildman–Crippen LogP) is 3.58. The van der Waals surface area contributed by atoms with Gasteiger partial charge in [0.15, 0.2) is 11.5 Å². The maximum atomic E-state index is 12.6. The van der Waals surface area contributed by atoms with Gasteiger partial charge < -0.3 is 24.3 Å². The van der Waals surface area contributed by atoms with E-state index in [2.05, 4.69) is 5.32 Å². The predicted molar refractivity (Wildman–Crippen MR) is 106 cm³/mol. The minimum atomic E-state index is -0.559. The van der Waals surface area contributed by atoms with E-state index >= 15 is 0 Å². The SMILES string of the molecule is COc1cc(/C=C(\C#N)C(=O)Nc2ccc(OC)c(OC)c2)c(OC)cc1C. The van der Waals surface area contributed by atoms with Gasteiger partial charge in [0.2, 0.25) is 0 Å². The Kier molecular flexibility index (Phi) is 6.88. The molecule has 0 saturated heterocycles. The molecule has 2 rings (SSSR count). The number of nitrogens with zero attached hydrogens (tertiary/aromatic N) is 1. The fourth-order valence-electron chi connectivity index (χ4n) is 2.60. The molecule has 146 valence electrons. The smallest absolute Gasteiger partial charge is 0.266 e. The summed E-state index contributed by atoms with van der Waals surface area (Å²) < 4.78 is 21.1. The zero-order chi connectivity index (χ0) is 20.7. The Bertz CT molecular complexity index is 945. The van der Waals surface area contributed by atoms with Gasteiger partial charge in [-0.3, -0.25) is 4.79 Å². The number of aryl methyl sites for hydroxylation is 1. The van der Waals surface area contributed by atoms with Gasteiger partial charge in [-0.25, -0.2) is 0 Å². The summed E-state index contributed by atoms with van der Waals surface area (Å²) in [7, 11) is 6.10. The van der Waals surface area contributed by atoms with Crippen molar-refractivity contribution in [3.63, 3.8) is 0 Å². The summed E-state index contributed by atoms with van der Waals surface area (Å²) >= 11 is 0. The van der Waals surface area contributed by atoms with Crippen molar-refractivity contribution in [2.75, 3.05) is 33.8 Å². The number of rotatable bonds is 7. The Morgan fingerprint density at radius 2 is 1.57 bits per heavy atom. The standard InChI is InChI=1S/C21H22N2O5/c1-13-8-19(27-4)14(10-18(13)26-3)9-15(12-22)21(24)23-16-6-7-17(25-2)20(11-16)28-5/h6-11H,1-5H3,(H,23,24)/b15-9+. The van der Waals surface area contributed by atoms with E-state index in [1.54, 1.807) is 37.4 Å². The van der Waals surface area contributed by atoms with E-state index in [0.29, 0.717) is 34.2 Å². The fourth-order valence-corrected chi connectivity index (χ4v) is 2.60. The molecule has 0 aliphatic carbocycles. The number of methoxy groups -OCH3 is 4. The second-order valence-corrected chi connectivity index (χ2v) is 5.76. The Hall–Kier alpha value is -3.66. The third-order valence-electron chi connectivity index (χ3n) is 4.05. The van der Waals surface area contributed by atoms with Gasteiger partial charge >= 0.3 is 0 Å². The van der Waals surface area contributed by atoms with Gasteiger partial charge in [0.05, 0.1) is 28.4 Å². The van der Waals surface area contributed by atoms with Crippen molar-refractivity contribution in [1.29, 1.82) is 5.26 Å². The summed E-state index contributed by atoms with van der Waals surface area (Å²) in [5.41, 5.74) is 1.82. The molecule has 0 aliphatic rings. The minimum absolute atomic E-state index is 0.0843. The number of nitriles is 1. The van der Waals surface area contributed by atoms with Crippen molar-refractivity contribution in [2.24, 2.45) is 0 Å². The van der Waals surface area contributed by atoms with Crippen LogP contribution >= 0.6 is 0 Å². The van der Waals surface area contributed by atoms with Crippen LogP contribution in [0.2, 0.25) is 0 Å². The fraction of sp³-hybridized carbons (Fsp3) is 0.238. The quantitative estimate of drug-likeness (QED) is 0.582. The topological polar surface area (TPSA) is 89.8 Å². The van der Waals surface area contributed by atoms with Crippen LogP contribution in [0.3, 0.4) is 0 Å². The van der Waals surface area contributed by atoms with E-state index in [4.69, 9.17) is 18.9 Å². The maximum absolute atomic E-state index is 12.6. The molecule has 1 N–H and O–H groups in total. The Labute approximate surface area is 164 Å². The lowest BCUT2D eigenvalue weighted by molar-refractivity contribution is -0.112. The molecule has 28 heavy (non-hydrogen) atoms. The van der Waals surface area contributed by atoms with E-state index in [1.807, 2.05) is 13.0 Å². The zero-order valence-electron chi connectivity index (χ0n) is 16.5. The van der Waals surface area contributed by atoms with Crippen LogP contribution in [0.4, 0.5) is 5.69 Å². The second kappa shape index (κ2) is 9.33. The van der Waals surface area contributed by atoms with Crippen molar-refractivity contribution in [1.82, 2.24) is 0 Å². The molecule has 0 atom stereocenters. The van der Waals surface area contributed by atoms with Gasteiger partial charge in [0, 0.05) is 17.3 Å². The van der Waals surface area contributed by atoms with Crippen molar-refractivity contribution in [3.05, 3.63) is 47.0 Å². The van der Waals surface area contributed by atoms with Crippen molar-refractivity contribution >= 4 is 17.7 Å². The van der Waals surface area contributed by atoms with Crippen LogP contribution in [0.25, 0.3) is 6.08 Å². The van der Waals surface area contributed by atoms with Gasteiger partial charge in [0.25, 0.3) is 5.91 Å². The van der Waals surface area contributed by atoms with Gasteiger partial charge in [-0.15, -0.1) is 0 Å². The average molecular weight is 382 g/mol. The zero-order valence-corrected chi connectivity index (χ0v) is 16.5. The third kappa shape index (κ3) is 4.54. The highest BCUT2D eigenvalue weighted by Gasteiger charge is 2.14. The van der Waals surface area contributed by atoms with Crippen molar-refractivity contribution in [3.8, 4) is 29.1 Å². The van der Waals surface area contributed by atoms with E-state index in [1.165, 1.54) is 27.4 Å². The molecule has 0 unspecified atom stereocenters. The molecular weight excluding hydrogens is 360 g/mol. The summed E-state index contributed by atoms with van der Waals surface area (Å²) in [6.07, 6.45) is 1.46. The van der Waals surface area contributed by atoms with Crippen LogP contribution in [0, 0.1) is 18.3 Å². The molecule has 7 heteroatoms. The maximum Gasteiger partial charge on any atom is 0.266 e. The van der Waals surface area contributed by atoms with Crippen LogP contribution in [0.5, 0.6) is 23.0 Å². The number of anilines is 1. The first-order valence-electron chi connectivity index (χ1n) is 8.35. The average Bonchev–Trinajstić information content (AvgIpc) is 2.72. The van der Waals surface area contributed by atoms with Gasteiger partial charge in [-0.05, 0) is 42.8 Å². The number of hydrogen-bond donors (Lipinski definition) is 1. The second-order valence-electron chi connectivity index (χ2n) is 5.76. The van der Waals surface area contributed by atoms with Gasteiger partial charge in [0.1, 0.15) is 23.1 Å². The molecule has 0 aliphatic heterocycles. The first-order chi connectivity index (χ1) is 13.5. The Morgan fingerprint density at radius 1 is 0.929 bits per heavy atom. The normalized spacial score (nSPS) is 10.6. The lowest BCUT2D eigenvalue weighted by Gasteiger charge is -2.12. The highest BCUT2D eigenvalue weighted by molar-refractivity contribution is 6.10. The molecule has 1 amide bonds. The third-order valence-corrected chi connectivity index (χ3v) is 4.05. The molecule has 2 aromatic rings. The van der Waals surface area contributed by atoms with Crippen LogP contribution in [0.15, 0.2) is 35.9 Å². The van der Waals surface area contributed by atoms with Crippen LogP contribution in [0.1, 0.15) is 11.1 Å². The lowest BCUT2D eigenvalue weighted by atomic mass is 10.1. The monoisotopic (exact) mass is 382 g/mol. The molecule has 0 aromatic heterocycles. The molecule has 0 spiro atoms. The molecule has 2 aromatic carbocycles. The number of carbonyl (C=O) groups is 1. The molecule has 0 bridgehead atoms. The molecule has 0 heterocycles. The molecule has 0 saturated carbocycles. The first-order valence-corrected chi connectivity index (χ1v) is 8.35. The van der Waals surface area contributed by atoms with Crippen LogP contribution < -0.4 is 24.3 Å². The minimum Gasteiger partial charge on any atom is -0.496 e. The van der Waals surface area contributed by atoms with E-state index in [-0.39, 0.29) is 5.57 Å². The van der Waals surface area contributed by atoms with Crippen molar-refractivity contribution in [2.45, 2.75) is 6.92 Å². The molecule has 0 fully saturated rings. The van der Waals surface area contributed by atoms with Gasteiger partial charge in [-0.1, -0.05) is 0 Å². The number of carbonyl (C=O) groups excluding carboxylic acids is 1. The number of hydrogen-bond acceptors (Lipinski definition) is 6. The van der Waals surface area contributed by atoms with Crippen LogP contribution in [-0.2, 0) is 4.79 Å². The highest BCUT2D eigenvalue weighted by atomic mass is 16.5. The summed E-state index contributed by atoms with van der Waals surface area (Å²) in [5.74, 6) is 1.60. The van der Waals surface area contributed by atoms with E-state index in [0.717, 1.165) is 5.56 Å². The number of ether oxygens (including phenoxy) is 4. The molecular formula is C21H22N2O5. The van der Waals surface area contributed by atoms with Gasteiger partial charge in [-0.2, -0.15) is 5.26 Å². The number of benzene rings is 2. The summed E-state index contributed by atoms with van der Waals surface area (Å²) in [6.45, 7) is 1.88. The highest BCUT2D eigenvalue weighted by Crippen LogP contribution is 2.31. The summed E-state index contributed by atoms with van der Waals surface area (Å²) in [6, 6.07) is 10.4. The van der Waals surface area contributed by atoms with Crippen LogP contribution in [-0.4, -0.2) is 34.3 Å². The Balaban J connectivity index is 2.35. The first kappa shape index (κ1) is 20.6.